The first-order valence-corrected chi connectivity index (χ1v) is 10.2. The molecule has 0 aliphatic carbocycles. The molecule has 8 heteroatoms. The zero-order valence-electron chi connectivity index (χ0n) is 13.9. The number of anilines is 1. The maximum absolute atomic E-state index is 12.7. The van der Waals surface area contributed by atoms with Gasteiger partial charge in [0.15, 0.2) is 0 Å². The molecular formula is C16H20N2O4S2. The van der Waals surface area contributed by atoms with Crippen LogP contribution in [0.1, 0.15) is 22.3 Å². The van der Waals surface area contributed by atoms with Crippen molar-refractivity contribution in [2.24, 2.45) is 5.14 Å². The van der Waals surface area contributed by atoms with Gasteiger partial charge in [0, 0.05) is 0 Å². The Hall–Kier alpha value is -1.90. The molecule has 2 aromatic rings. The highest BCUT2D eigenvalue weighted by Gasteiger charge is 2.20. The van der Waals surface area contributed by atoms with Crippen LogP contribution >= 0.6 is 0 Å². The van der Waals surface area contributed by atoms with Crippen molar-refractivity contribution in [3.63, 3.8) is 0 Å². The van der Waals surface area contributed by atoms with E-state index in [1.54, 1.807) is 39.8 Å². The Kier molecular flexibility index (Phi) is 4.76. The Morgan fingerprint density at radius 1 is 0.875 bits per heavy atom. The van der Waals surface area contributed by atoms with E-state index in [-0.39, 0.29) is 15.5 Å². The largest absolute Gasteiger partial charge is 0.279 e. The van der Waals surface area contributed by atoms with Gasteiger partial charge in [0.1, 0.15) is 0 Å². The highest BCUT2D eigenvalue weighted by atomic mass is 32.2. The Morgan fingerprint density at radius 2 is 1.50 bits per heavy atom. The molecule has 0 heterocycles. The molecule has 0 bridgehead atoms. The maximum atomic E-state index is 12.7. The van der Waals surface area contributed by atoms with Gasteiger partial charge < -0.3 is 0 Å². The highest BCUT2D eigenvalue weighted by molar-refractivity contribution is 7.92. The predicted octanol–water partition coefficient (Wildman–Crippen LogP) is 2.37. The molecule has 0 fully saturated rings. The summed E-state index contributed by atoms with van der Waals surface area (Å²) in [6, 6.07) is 7.78. The van der Waals surface area contributed by atoms with Crippen LogP contribution in [0, 0.1) is 27.7 Å². The number of sulfonamides is 2. The van der Waals surface area contributed by atoms with E-state index in [2.05, 4.69) is 4.72 Å². The van der Waals surface area contributed by atoms with Gasteiger partial charge in [0.05, 0.1) is 15.5 Å². The van der Waals surface area contributed by atoms with E-state index < -0.39 is 20.0 Å². The van der Waals surface area contributed by atoms with Crippen molar-refractivity contribution < 1.29 is 16.8 Å². The van der Waals surface area contributed by atoms with Crippen molar-refractivity contribution in [1.29, 1.82) is 0 Å². The van der Waals surface area contributed by atoms with Crippen LogP contribution < -0.4 is 9.86 Å². The van der Waals surface area contributed by atoms with E-state index in [0.717, 1.165) is 5.56 Å². The molecule has 0 radical (unpaired) electrons. The number of benzene rings is 2. The standard InChI is InChI=1S/C16H20N2O4S2/c1-10-5-6-11(2)16(7-10)24(21,22)18-15-9-14(23(17,19)20)8-12(3)13(15)4/h5-9,18H,1-4H3,(H2,17,19,20). The SMILES string of the molecule is Cc1ccc(C)c(S(=O)(=O)Nc2cc(S(N)(=O)=O)cc(C)c2C)c1. The van der Waals surface area contributed by atoms with Crippen LogP contribution in [0.3, 0.4) is 0 Å². The third-order valence-electron chi connectivity index (χ3n) is 3.85. The lowest BCUT2D eigenvalue weighted by molar-refractivity contribution is 0.596. The fourth-order valence-corrected chi connectivity index (χ4v) is 4.36. The lowest BCUT2D eigenvalue weighted by Gasteiger charge is -2.15. The lowest BCUT2D eigenvalue weighted by Crippen LogP contribution is -2.17. The second-order valence-electron chi connectivity index (χ2n) is 5.83. The predicted molar refractivity (Wildman–Crippen MR) is 94.0 cm³/mol. The van der Waals surface area contributed by atoms with E-state index in [0.29, 0.717) is 16.7 Å². The summed E-state index contributed by atoms with van der Waals surface area (Å²) in [4.78, 5) is 0.0184. The zero-order chi connectivity index (χ0) is 18.3. The molecule has 0 aliphatic rings. The van der Waals surface area contributed by atoms with Gasteiger partial charge in [-0.1, -0.05) is 12.1 Å². The summed E-state index contributed by atoms with van der Waals surface area (Å²) >= 11 is 0. The molecule has 130 valence electrons. The summed E-state index contributed by atoms with van der Waals surface area (Å²) in [7, 11) is -7.79. The zero-order valence-corrected chi connectivity index (χ0v) is 15.5. The van der Waals surface area contributed by atoms with E-state index in [1.807, 2.05) is 6.07 Å². The quantitative estimate of drug-likeness (QED) is 0.864. The second-order valence-corrected chi connectivity index (χ2v) is 9.04. The Morgan fingerprint density at radius 3 is 2.08 bits per heavy atom. The van der Waals surface area contributed by atoms with Crippen LogP contribution in [0.15, 0.2) is 40.1 Å². The number of primary sulfonamides is 1. The summed E-state index contributed by atoms with van der Waals surface area (Å²) in [5, 5.41) is 5.16. The molecule has 0 saturated heterocycles. The molecule has 24 heavy (non-hydrogen) atoms. The highest BCUT2D eigenvalue weighted by Crippen LogP contribution is 2.27. The van der Waals surface area contributed by atoms with Crippen molar-refractivity contribution >= 4 is 25.7 Å². The van der Waals surface area contributed by atoms with E-state index >= 15 is 0 Å². The number of nitrogens with two attached hydrogens (primary N) is 1. The molecule has 0 spiro atoms. The van der Waals surface area contributed by atoms with Crippen molar-refractivity contribution in [2.45, 2.75) is 37.5 Å². The fraction of sp³-hybridized carbons (Fsp3) is 0.250. The van der Waals surface area contributed by atoms with Gasteiger partial charge in [0.2, 0.25) is 10.0 Å². The summed E-state index contributed by atoms with van der Waals surface area (Å²) in [6.07, 6.45) is 0. The minimum Gasteiger partial charge on any atom is -0.279 e. The first-order valence-electron chi connectivity index (χ1n) is 7.16. The molecule has 0 amide bonds. The lowest BCUT2D eigenvalue weighted by atomic mass is 10.1. The van der Waals surface area contributed by atoms with Gasteiger partial charge in [-0.2, -0.15) is 0 Å². The summed E-state index contributed by atoms with van der Waals surface area (Å²) in [5.41, 5.74) is 2.87. The molecule has 0 atom stereocenters. The molecule has 2 rings (SSSR count). The van der Waals surface area contributed by atoms with Gasteiger partial charge in [-0.15, -0.1) is 0 Å². The third kappa shape index (κ3) is 3.77. The molecule has 6 nitrogen and oxygen atoms in total. The number of rotatable bonds is 4. The maximum Gasteiger partial charge on any atom is 0.262 e. The Bertz CT molecular complexity index is 1010. The van der Waals surface area contributed by atoms with Crippen LogP contribution in [0.5, 0.6) is 0 Å². The second kappa shape index (κ2) is 6.19. The number of nitrogens with one attached hydrogen (secondary N) is 1. The average Bonchev–Trinajstić information content (AvgIpc) is 2.44. The van der Waals surface area contributed by atoms with Crippen LogP contribution in [-0.2, 0) is 20.0 Å². The molecule has 0 unspecified atom stereocenters. The Balaban J connectivity index is 2.58. The van der Waals surface area contributed by atoms with Crippen LogP contribution in [-0.4, -0.2) is 16.8 Å². The van der Waals surface area contributed by atoms with Crippen LogP contribution in [0.25, 0.3) is 0 Å². The van der Waals surface area contributed by atoms with Crippen molar-refractivity contribution in [3.05, 3.63) is 52.6 Å². The molecule has 0 aliphatic heterocycles. The summed E-state index contributed by atoms with van der Waals surface area (Å²) < 4.78 is 51.1. The average molecular weight is 368 g/mol. The van der Waals surface area contributed by atoms with Gasteiger partial charge >= 0.3 is 0 Å². The van der Waals surface area contributed by atoms with Crippen LogP contribution in [0.4, 0.5) is 5.69 Å². The van der Waals surface area contributed by atoms with Crippen LogP contribution in [0.2, 0.25) is 0 Å². The molecule has 0 saturated carbocycles. The normalized spacial score (nSPS) is 12.2. The summed E-state index contributed by atoms with van der Waals surface area (Å²) in [6.45, 7) is 6.91. The van der Waals surface area contributed by atoms with Gasteiger partial charge in [0.25, 0.3) is 10.0 Å². The first-order chi connectivity index (χ1) is 10.9. The van der Waals surface area contributed by atoms with Crippen molar-refractivity contribution in [2.75, 3.05) is 4.72 Å². The fourth-order valence-electron chi connectivity index (χ4n) is 2.29. The number of aryl methyl sites for hydroxylation is 3. The molecule has 3 N–H and O–H groups in total. The first kappa shape index (κ1) is 18.4. The number of hydrogen-bond acceptors (Lipinski definition) is 4. The Labute approximate surface area is 142 Å². The topological polar surface area (TPSA) is 106 Å². The molecule has 2 aromatic carbocycles. The van der Waals surface area contributed by atoms with E-state index in [9.17, 15) is 16.8 Å². The summed E-state index contributed by atoms with van der Waals surface area (Å²) in [5.74, 6) is 0. The van der Waals surface area contributed by atoms with E-state index in [1.165, 1.54) is 12.1 Å². The van der Waals surface area contributed by atoms with Crippen molar-refractivity contribution in [1.82, 2.24) is 0 Å². The van der Waals surface area contributed by atoms with Crippen molar-refractivity contribution in [3.8, 4) is 0 Å². The molecule has 0 aromatic heterocycles. The van der Waals surface area contributed by atoms with Gasteiger partial charge in [-0.3, -0.25) is 4.72 Å². The minimum absolute atomic E-state index is 0.135. The monoisotopic (exact) mass is 368 g/mol. The molecular weight excluding hydrogens is 348 g/mol. The third-order valence-corrected chi connectivity index (χ3v) is 6.25. The minimum atomic E-state index is -3.93. The van der Waals surface area contributed by atoms with Gasteiger partial charge in [-0.05, 0) is 68.1 Å². The smallest absolute Gasteiger partial charge is 0.262 e. The van der Waals surface area contributed by atoms with E-state index in [4.69, 9.17) is 5.14 Å². The number of hydrogen-bond donors (Lipinski definition) is 2. The van der Waals surface area contributed by atoms with Gasteiger partial charge in [-0.25, -0.2) is 22.0 Å².